The number of sulfonamides is 1. The van der Waals surface area contributed by atoms with Crippen LogP contribution in [-0.2, 0) is 10.0 Å². The van der Waals surface area contributed by atoms with Gasteiger partial charge in [-0.05, 0) is 30.3 Å². The smallest absolute Gasteiger partial charge is 0.243 e. The minimum atomic E-state index is -3.94. The van der Waals surface area contributed by atoms with Gasteiger partial charge in [-0.2, -0.15) is 9.57 Å². The van der Waals surface area contributed by atoms with Gasteiger partial charge in [0.15, 0.2) is 23.1 Å². The first-order valence-corrected chi connectivity index (χ1v) is 9.93. The summed E-state index contributed by atoms with van der Waals surface area (Å²) in [5, 5.41) is 9.50. The molecular weight excluding hydrogens is 388 g/mol. The molecule has 28 heavy (non-hydrogen) atoms. The molecule has 0 unspecified atom stereocenters. The number of rotatable bonds is 3. The molecule has 1 saturated heterocycles. The number of anilines is 1. The van der Waals surface area contributed by atoms with E-state index < -0.39 is 21.7 Å². The number of hydrogen-bond acceptors (Lipinski definition) is 5. The van der Waals surface area contributed by atoms with Gasteiger partial charge >= 0.3 is 0 Å². The van der Waals surface area contributed by atoms with Crippen molar-refractivity contribution >= 4 is 21.5 Å². The standard InChI is InChI=1S/C18H15F2N5O2S/c19-14-5-4-13(11-15(14)20)28(26,27)24-9-7-23(8-10-24)18-16(12-21)25-6-2-1-3-17(25)22-18/h1-6,11H,7-10H2. The number of nitriles is 1. The molecule has 0 aliphatic carbocycles. The van der Waals surface area contributed by atoms with E-state index in [9.17, 15) is 22.5 Å². The van der Waals surface area contributed by atoms with Gasteiger partial charge in [0.25, 0.3) is 0 Å². The van der Waals surface area contributed by atoms with Crippen LogP contribution >= 0.6 is 0 Å². The molecule has 0 atom stereocenters. The summed E-state index contributed by atoms with van der Waals surface area (Å²) in [5.74, 6) is -1.80. The summed E-state index contributed by atoms with van der Waals surface area (Å²) in [7, 11) is -3.94. The molecule has 0 bridgehead atoms. The summed E-state index contributed by atoms with van der Waals surface area (Å²) < 4.78 is 54.8. The van der Waals surface area contributed by atoms with E-state index in [4.69, 9.17) is 0 Å². The highest BCUT2D eigenvalue weighted by Crippen LogP contribution is 2.25. The predicted octanol–water partition coefficient (Wildman–Crippen LogP) is 2.00. The second kappa shape index (κ2) is 6.85. The fourth-order valence-corrected chi connectivity index (χ4v) is 4.67. The summed E-state index contributed by atoms with van der Waals surface area (Å²) in [4.78, 5) is 6.04. The molecule has 7 nitrogen and oxygen atoms in total. The van der Waals surface area contributed by atoms with Crippen LogP contribution in [0.5, 0.6) is 0 Å². The van der Waals surface area contributed by atoms with Crippen LogP contribution in [-0.4, -0.2) is 48.3 Å². The SMILES string of the molecule is N#Cc1c(N2CCN(S(=O)(=O)c3ccc(F)c(F)c3)CC2)nc2ccccn12. The van der Waals surface area contributed by atoms with Crippen LogP contribution in [0.2, 0.25) is 0 Å². The maximum absolute atomic E-state index is 13.4. The Morgan fingerprint density at radius 2 is 1.79 bits per heavy atom. The van der Waals surface area contributed by atoms with E-state index >= 15 is 0 Å². The monoisotopic (exact) mass is 403 g/mol. The first-order chi connectivity index (χ1) is 13.4. The number of imidazole rings is 1. The number of hydrogen-bond donors (Lipinski definition) is 0. The summed E-state index contributed by atoms with van der Waals surface area (Å²) in [6.45, 7) is 0.920. The Morgan fingerprint density at radius 3 is 2.46 bits per heavy atom. The molecule has 0 amide bonds. The number of aromatic nitrogens is 2. The second-order valence-corrected chi connectivity index (χ2v) is 8.23. The van der Waals surface area contributed by atoms with Gasteiger partial charge in [0.2, 0.25) is 10.0 Å². The maximum atomic E-state index is 13.4. The van der Waals surface area contributed by atoms with Crippen molar-refractivity contribution in [2.75, 3.05) is 31.1 Å². The molecule has 1 aliphatic rings. The van der Waals surface area contributed by atoms with E-state index in [1.807, 2.05) is 11.0 Å². The molecule has 0 radical (unpaired) electrons. The van der Waals surface area contributed by atoms with E-state index in [2.05, 4.69) is 11.1 Å². The van der Waals surface area contributed by atoms with Gasteiger partial charge in [-0.3, -0.25) is 4.40 Å². The lowest BCUT2D eigenvalue weighted by atomic mass is 10.3. The van der Waals surface area contributed by atoms with Crippen molar-refractivity contribution in [1.29, 1.82) is 5.26 Å². The molecule has 10 heteroatoms. The van der Waals surface area contributed by atoms with Crippen LogP contribution in [0.3, 0.4) is 0 Å². The lowest BCUT2D eigenvalue weighted by molar-refractivity contribution is 0.383. The van der Waals surface area contributed by atoms with Crippen LogP contribution in [0.1, 0.15) is 5.69 Å². The summed E-state index contributed by atoms with van der Waals surface area (Å²) in [5.41, 5.74) is 1.01. The van der Waals surface area contributed by atoms with Gasteiger partial charge in [-0.25, -0.2) is 22.2 Å². The van der Waals surface area contributed by atoms with E-state index in [1.54, 1.807) is 22.7 Å². The van der Waals surface area contributed by atoms with Gasteiger partial charge in [0.05, 0.1) is 4.90 Å². The van der Waals surface area contributed by atoms with Gasteiger partial charge in [-0.15, -0.1) is 0 Å². The fraction of sp³-hybridized carbons (Fsp3) is 0.222. The molecule has 1 aliphatic heterocycles. The zero-order chi connectivity index (χ0) is 19.9. The third kappa shape index (κ3) is 2.98. The quantitative estimate of drug-likeness (QED) is 0.668. The number of nitrogens with zero attached hydrogens (tertiary/aromatic N) is 5. The number of fused-ring (bicyclic) bond motifs is 1. The third-order valence-electron chi connectivity index (χ3n) is 4.68. The first kappa shape index (κ1) is 18.3. The zero-order valence-corrected chi connectivity index (χ0v) is 15.4. The molecule has 3 heterocycles. The Bertz CT molecular complexity index is 1190. The number of piperazine rings is 1. The minimum absolute atomic E-state index is 0.139. The first-order valence-electron chi connectivity index (χ1n) is 8.49. The number of pyridine rings is 1. The van der Waals surface area contributed by atoms with Gasteiger partial charge in [-0.1, -0.05) is 6.07 Å². The molecule has 4 rings (SSSR count). The van der Waals surface area contributed by atoms with Gasteiger partial charge < -0.3 is 4.90 Å². The molecule has 144 valence electrons. The molecule has 0 spiro atoms. The number of halogens is 2. The molecular formula is C18H15F2N5O2S. The average Bonchev–Trinajstić information content (AvgIpc) is 3.08. The zero-order valence-electron chi connectivity index (χ0n) is 14.6. The molecule has 0 saturated carbocycles. The van der Waals surface area contributed by atoms with Crippen LogP contribution in [0, 0.1) is 23.0 Å². The fourth-order valence-electron chi connectivity index (χ4n) is 3.23. The third-order valence-corrected chi connectivity index (χ3v) is 6.58. The molecule has 2 aromatic heterocycles. The van der Waals surface area contributed by atoms with Gasteiger partial charge in [0.1, 0.15) is 11.7 Å². The average molecular weight is 403 g/mol. The molecule has 1 fully saturated rings. The highest BCUT2D eigenvalue weighted by molar-refractivity contribution is 7.89. The lowest BCUT2D eigenvalue weighted by Crippen LogP contribution is -2.49. The summed E-state index contributed by atoms with van der Waals surface area (Å²) in [6.07, 6.45) is 1.74. The second-order valence-electron chi connectivity index (χ2n) is 6.29. The van der Waals surface area contributed by atoms with Crippen LogP contribution in [0.15, 0.2) is 47.5 Å². The highest BCUT2D eigenvalue weighted by atomic mass is 32.2. The van der Waals surface area contributed by atoms with Crippen molar-refractivity contribution in [3.8, 4) is 6.07 Å². The van der Waals surface area contributed by atoms with E-state index in [0.29, 0.717) is 36.3 Å². The normalized spacial score (nSPS) is 15.7. The van der Waals surface area contributed by atoms with Crippen molar-refractivity contribution in [3.05, 3.63) is 59.9 Å². The number of benzene rings is 1. The highest BCUT2D eigenvalue weighted by Gasteiger charge is 2.31. The van der Waals surface area contributed by atoms with Crippen molar-refractivity contribution in [2.24, 2.45) is 0 Å². The predicted molar refractivity (Wildman–Crippen MR) is 97.2 cm³/mol. The largest absolute Gasteiger partial charge is 0.352 e. The topological polar surface area (TPSA) is 81.7 Å². The Hall–Kier alpha value is -3.03. The van der Waals surface area contributed by atoms with E-state index in [0.717, 1.165) is 12.1 Å². The van der Waals surface area contributed by atoms with E-state index in [1.165, 1.54) is 4.31 Å². The van der Waals surface area contributed by atoms with Crippen molar-refractivity contribution in [2.45, 2.75) is 4.90 Å². The van der Waals surface area contributed by atoms with Crippen LogP contribution in [0.25, 0.3) is 5.65 Å². The molecule has 1 aromatic carbocycles. The Labute approximate surface area is 160 Å². The van der Waals surface area contributed by atoms with Gasteiger partial charge in [0, 0.05) is 32.4 Å². The van der Waals surface area contributed by atoms with Crippen LogP contribution < -0.4 is 4.90 Å². The maximum Gasteiger partial charge on any atom is 0.243 e. The van der Waals surface area contributed by atoms with Crippen molar-refractivity contribution < 1.29 is 17.2 Å². The minimum Gasteiger partial charge on any atom is -0.352 e. The summed E-state index contributed by atoms with van der Waals surface area (Å²) >= 11 is 0. The Kier molecular flexibility index (Phi) is 4.49. The van der Waals surface area contributed by atoms with E-state index in [-0.39, 0.29) is 18.0 Å². The summed E-state index contributed by atoms with van der Waals surface area (Å²) in [6, 6.07) is 10.1. The van der Waals surface area contributed by atoms with Crippen LogP contribution in [0.4, 0.5) is 14.6 Å². The molecule has 3 aromatic rings. The Morgan fingerprint density at radius 1 is 1.04 bits per heavy atom. The molecule has 0 N–H and O–H groups in total. The Balaban J connectivity index is 1.57. The van der Waals surface area contributed by atoms with Crippen molar-refractivity contribution in [3.63, 3.8) is 0 Å². The van der Waals surface area contributed by atoms with Crippen molar-refractivity contribution in [1.82, 2.24) is 13.7 Å². The lowest BCUT2D eigenvalue weighted by Gasteiger charge is -2.34.